The Hall–Kier alpha value is -3.73. The maximum Gasteiger partial charge on any atom is 0.573 e. The molecular formula is C22H20F5N5O5S2. The number of carbonyl (C=O) groups excluding carboxylic acids is 2. The molecule has 0 radical (unpaired) electrons. The van der Waals surface area contributed by atoms with E-state index >= 15 is 0 Å². The summed E-state index contributed by atoms with van der Waals surface area (Å²) in [4.78, 5) is 38.5. The number of halogens is 5. The highest BCUT2D eigenvalue weighted by Crippen LogP contribution is 2.31. The molecule has 0 saturated heterocycles. The lowest BCUT2D eigenvalue weighted by molar-refractivity contribution is -0.274. The zero-order valence-corrected chi connectivity index (χ0v) is 22.0. The van der Waals surface area contributed by atoms with E-state index in [1.807, 2.05) is 0 Å². The summed E-state index contributed by atoms with van der Waals surface area (Å²) in [5, 5.41) is 2.71. The quantitative estimate of drug-likeness (QED) is 0.368. The molecule has 0 unspecified atom stereocenters. The number of alkyl halides is 5. The summed E-state index contributed by atoms with van der Waals surface area (Å²) in [5.41, 5.74) is -0.340. The third kappa shape index (κ3) is 7.03. The molecule has 0 bridgehead atoms. The van der Waals surface area contributed by atoms with Crippen molar-refractivity contribution >= 4 is 33.0 Å². The number of sulfone groups is 1. The van der Waals surface area contributed by atoms with E-state index in [2.05, 4.69) is 25.0 Å². The number of rotatable bonds is 9. The second kappa shape index (κ2) is 11.6. The van der Waals surface area contributed by atoms with E-state index in [1.165, 1.54) is 30.4 Å². The van der Waals surface area contributed by atoms with Crippen molar-refractivity contribution in [1.82, 2.24) is 25.2 Å². The summed E-state index contributed by atoms with van der Waals surface area (Å²) in [6.45, 7) is 3.70. The molecule has 3 rings (SSSR count). The third-order valence-corrected chi connectivity index (χ3v) is 7.52. The standard InChI is InChI=1S/C22H20F5N5O5S2/c1-4-32(3)20(34)15-10-30-19(38-15)17-16(28-5-6-29-17)11(2)31-18(33)12-7-13(37-22(25,26)27)9-14(8-12)39(35,36)21(23)24/h5-11,21H,4H2,1-3H3,(H,31,33)/t11-/m0/s1. The van der Waals surface area contributed by atoms with Crippen molar-refractivity contribution < 1.29 is 44.7 Å². The van der Waals surface area contributed by atoms with Crippen molar-refractivity contribution in [1.29, 1.82) is 0 Å². The van der Waals surface area contributed by atoms with E-state index in [9.17, 15) is 40.0 Å². The Labute approximate surface area is 222 Å². The van der Waals surface area contributed by atoms with E-state index in [0.717, 1.165) is 11.3 Å². The molecule has 1 N–H and O–H groups in total. The van der Waals surface area contributed by atoms with Crippen LogP contribution in [0.15, 0.2) is 41.7 Å². The molecule has 3 aromatic rings. The summed E-state index contributed by atoms with van der Waals surface area (Å²) in [5.74, 6) is -6.53. The predicted octanol–water partition coefficient (Wildman–Crippen LogP) is 4.08. The van der Waals surface area contributed by atoms with Gasteiger partial charge in [-0.15, -0.1) is 24.5 Å². The van der Waals surface area contributed by atoms with Crippen molar-refractivity contribution in [3.63, 3.8) is 0 Å². The fourth-order valence-electron chi connectivity index (χ4n) is 3.16. The Morgan fingerprint density at radius 1 is 1.13 bits per heavy atom. The number of benzene rings is 1. The van der Waals surface area contributed by atoms with E-state index in [4.69, 9.17) is 0 Å². The Morgan fingerprint density at radius 2 is 1.79 bits per heavy atom. The van der Waals surface area contributed by atoms with Crippen LogP contribution >= 0.6 is 11.3 Å². The second-order valence-electron chi connectivity index (χ2n) is 7.88. The molecule has 0 saturated carbocycles. The Kier molecular flexibility index (Phi) is 8.84. The van der Waals surface area contributed by atoms with Gasteiger partial charge in [-0.1, -0.05) is 0 Å². The number of nitrogens with one attached hydrogen (secondary N) is 1. The lowest BCUT2D eigenvalue weighted by atomic mass is 10.1. The molecule has 17 heteroatoms. The zero-order chi connectivity index (χ0) is 29.1. The first-order valence-electron chi connectivity index (χ1n) is 10.9. The average Bonchev–Trinajstić information content (AvgIpc) is 3.36. The van der Waals surface area contributed by atoms with Gasteiger partial charge in [0.1, 0.15) is 21.3 Å². The molecule has 0 aliphatic carbocycles. The fraction of sp³-hybridized carbons (Fsp3) is 0.318. The van der Waals surface area contributed by atoms with Crippen LogP contribution in [0.3, 0.4) is 0 Å². The Morgan fingerprint density at radius 3 is 2.41 bits per heavy atom. The van der Waals surface area contributed by atoms with Crippen LogP contribution in [-0.2, 0) is 9.84 Å². The van der Waals surface area contributed by atoms with E-state index in [1.54, 1.807) is 14.0 Å². The van der Waals surface area contributed by atoms with Gasteiger partial charge < -0.3 is 15.0 Å². The van der Waals surface area contributed by atoms with Gasteiger partial charge in [-0.05, 0) is 32.0 Å². The molecule has 39 heavy (non-hydrogen) atoms. The number of hydrogen-bond donors (Lipinski definition) is 1. The monoisotopic (exact) mass is 593 g/mol. The van der Waals surface area contributed by atoms with Gasteiger partial charge in [0.25, 0.3) is 11.8 Å². The molecule has 1 atom stereocenters. The predicted molar refractivity (Wildman–Crippen MR) is 128 cm³/mol. The van der Waals surface area contributed by atoms with Gasteiger partial charge in [0.15, 0.2) is 0 Å². The summed E-state index contributed by atoms with van der Waals surface area (Å²) in [7, 11) is -3.76. The van der Waals surface area contributed by atoms with Crippen molar-refractivity contribution in [2.24, 2.45) is 0 Å². The molecule has 2 aromatic heterocycles. The van der Waals surface area contributed by atoms with Gasteiger partial charge in [0.2, 0.25) is 9.84 Å². The van der Waals surface area contributed by atoms with Crippen LogP contribution < -0.4 is 10.1 Å². The first kappa shape index (κ1) is 29.8. The number of carbonyl (C=O) groups is 2. The molecule has 2 heterocycles. The summed E-state index contributed by atoms with van der Waals surface area (Å²) in [6.07, 6.45) is -1.29. The maximum atomic E-state index is 13.1. The fourth-order valence-corrected chi connectivity index (χ4v) is 4.85. The van der Waals surface area contributed by atoms with Gasteiger partial charge in [-0.2, -0.15) is 8.78 Å². The van der Waals surface area contributed by atoms with Crippen LogP contribution in [0.25, 0.3) is 10.7 Å². The average molecular weight is 594 g/mol. The summed E-state index contributed by atoms with van der Waals surface area (Å²) in [6, 6.07) is 0.325. The molecule has 210 valence electrons. The molecule has 0 spiro atoms. The van der Waals surface area contributed by atoms with Crippen molar-refractivity contribution in [2.75, 3.05) is 13.6 Å². The van der Waals surface area contributed by atoms with Gasteiger partial charge in [0, 0.05) is 31.5 Å². The summed E-state index contributed by atoms with van der Waals surface area (Å²) >= 11 is 1.02. The maximum absolute atomic E-state index is 13.1. The Bertz CT molecular complexity index is 1480. The first-order valence-corrected chi connectivity index (χ1v) is 13.3. The number of amides is 2. The smallest absolute Gasteiger partial charge is 0.406 e. The van der Waals surface area contributed by atoms with Gasteiger partial charge in [-0.3, -0.25) is 19.6 Å². The number of nitrogens with zero attached hydrogens (tertiary/aromatic N) is 4. The van der Waals surface area contributed by atoms with E-state index in [-0.39, 0.29) is 28.4 Å². The van der Waals surface area contributed by atoms with E-state index in [0.29, 0.717) is 23.6 Å². The van der Waals surface area contributed by atoms with Gasteiger partial charge in [-0.25, -0.2) is 13.4 Å². The topological polar surface area (TPSA) is 131 Å². The third-order valence-electron chi connectivity index (χ3n) is 5.16. The van der Waals surface area contributed by atoms with Crippen molar-refractivity contribution in [3.05, 3.63) is 52.9 Å². The van der Waals surface area contributed by atoms with Crippen LogP contribution in [0, 0.1) is 0 Å². The molecule has 0 aliphatic heterocycles. The van der Waals surface area contributed by atoms with Crippen LogP contribution in [0.5, 0.6) is 5.75 Å². The van der Waals surface area contributed by atoms with Crippen LogP contribution in [0.1, 0.15) is 45.6 Å². The number of hydrogen-bond acceptors (Lipinski definition) is 9. The minimum Gasteiger partial charge on any atom is -0.406 e. The lowest BCUT2D eigenvalue weighted by Crippen LogP contribution is -2.28. The Balaban J connectivity index is 1.94. The van der Waals surface area contributed by atoms with Crippen LogP contribution in [0.4, 0.5) is 22.0 Å². The minimum atomic E-state index is -5.37. The number of thiazole rings is 1. The van der Waals surface area contributed by atoms with Gasteiger partial charge in [0.05, 0.1) is 22.8 Å². The molecule has 0 fully saturated rings. The van der Waals surface area contributed by atoms with Crippen LogP contribution in [0.2, 0.25) is 0 Å². The SMILES string of the molecule is CCN(C)C(=O)c1cnc(-c2nccnc2[C@H](C)NC(=O)c2cc(OC(F)(F)F)cc(S(=O)(=O)C(F)F)c2)s1. The number of aromatic nitrogens is 3. The molecule has 0 aliphatic rings. The number of ether oxygens (including phenoxy) is 1. The largest absolute Gasteiger partial charge is 0.573 e. The zero-order valence-electron chi connectivity index (χ0n) is 20.4. The normalized spacial score (nSPS) is 12.7. The highest BCUT2D eigenvalue weighted by Gasteiger charge is 2.34. The summed E-state index contributed by atoms with van der Waals surface area (Å²) < 4.78 is 91.9. The lowest BCUT2D eigenvalue weighted by Gasteiger charge is -2.17. The molecule has 1 aromatic carbocycles. The van der Waals surface area contributed by atoms with Crippen molar-refractivity contribution in [2.45, 2.75) is 36.9 Å². The minimum absolute atomic E-state index is 0.158. The molecule has 10 nitrogen and oxygen atoms in total. The molecular weight excluding hydrogens is 573 g/mol. The van der Waals surface area contributed by atoms with Gasteiger partial charge >= 0.3 is 12.1 Å². The van der Waals surface area contributed by atoms with Crippen LogP contribution in [-0.4, -0.2) is 65.8 Å². The molecule has 2 amide bonds. The second-order valence-corrected chi connectivity index (χ2v) is 10.8. The van der Waals surface area contributed by atoms with Crippen molar-refractivity contribution in [3.8, 4) is 16.5 Å². The highest BCUT2D eigenvalue weighted by atomic mass is 32.2. The highest BCUT2D eigenvalue weighted by molar-refractivity contribution is 7.91. The van der Waals surface area contributed by atoms with E-state index < -0.39 is 50.1 Å². The first-order chi connectivity index (χ1) is 18.1.